The van der Waals surface area contributed by atoms with Crippen molar-refractivity contribution < 1.29 is 14.7 Å². The lowest BCUT2D eigenvalue weighted by molar-refractivity contribution is -0.145. The predicted octanol–water partition coefficient (Wildman–Crippen LogP) is 1.31. The summed E-state index contributed by atoms with van der Waals surface area (Å²) in [6, 6.07) is 8.15. The molecule has 0 fully saturated rings. The van der Waals surface area contributed by atoms with Crippen LogP contribution in [0.2, 0.25) is 0 Å². The van der Waals surface area contributed by atoms with E-state index < -0.39 is 17.5 Å². The summed E-state index contributed by atoms with van der Waals surface area (Å²) in [5.41, 5.74) is -0.833. The largest absolute Gasteiger partial charge is 0.479 e. The third-order valence-corrected chi connectivity index (χ3v) is 2.72. The fourth-order valence-electron chi connectivity index (χ4n) is 1.67. The quantitative estimate of drug-likeness (QED) is 0.737. The Morgan fingerprint density at radius 3 is 2.29 bits per heavy atom. The van der Waals surface area contributed by atoms with Crippen molar-refractivity contribution in [3.05, 3.63) is 35.9 Å². The predicted molar refractivity (Wildman–Crippen MR) is 63.6 cm³/mol. The maximum absolute atomic E-state index is 11.5. The van der Waals surface area contributed by atoms with Gasteiger partial charge in [-0.25, -0.2) is 9.59 Å². The van der Waals surface area contributed by atoms with Crippen LogP contribution in [0.1, 0.15) is 18.9 Å². The van der Waals surface area contributed by atoms with Crippen LogP contribution in [0.4, 0.5) is 4.79 Å². The van der Waals surface area contributed by atoms with Crippen LogP contribution in [0, 0.1) is 0 Å². The number of hydrogen-bond donors (Lipinski definition) is 3. The lowest BCUT2D eigenvalue weighted by atomic mass is 9.87. The van der Waals surface area contributed by atoms with Crippen molar-refractivity contribution in [3.63, 3.8) is 0 Å². The van der Waals surface area contributed by atoms with E-state index in [1.807, 2.05) is 0 Å². The van der Waals surface area contributed by atoms with Gasteiger partial charge in [0.05, 0.1) is 0 Å². The fraction of sp³-hybridized carbons (Fsp3) is 0.333. The Bertz CT molecular complexity index is 405. The Morgan fingerprint density at radius 1 is 1.29 bits per heavy atom. The van der Waals surface area contributed by atoms with Gasteiger partial charge in [0.1, 0.15) is 0 Å². The van der Waals surface area contributed by atoms with E-state index in [2.05, 4.69) is 10.6 Å². The van der Waals surface area contributed by atoms with E-state index in [-0.39, 0.29) is 6.42 Å². The third-order valence-electron chi connectivity index (χ3n) is 2.72. The van der Waals surface area contributed by atoms with E-state index in [0.29, 0.717) is 5.56 Å². The minimum absolute atomic E-state index is 0.264. The maximum atomic E-state index is 11.5. The van der Waals surface area contributed by atoms with Gasteiger partial charge in [-0.05, 0) is 12.0 Å². The first-order chi connectivity index (χ1) is 8.06. The average Bonchev–Trinajstić information content (AvgIpc) is 2.36. The van der Waals surface area contributed by atoms with Crippen LogP contribution < -0.4 is 10.6 Å². The number of nitrogens with one attached hydrogen (secondary N) is 2. The number of carboxylic acids is 1. The lowest BCUT2D eigenvalue weighted by Gasteiger charge is -2.29. The van der Waals surface area contributed by atoms with Gasteiger partial charge in [-0.2, -0.15) is 0 Å². The molecule has 0 radical (unpaired) electrons. The molecule has 5 nitrogen and oxygen atoms in total. The molecule has 92 valence electrons. The van der Waals surface area contributed by atoms with Crippen LogP contribution in [-0.4, -0.2) is 24.2 Å². The molecule has 0 bridgehead atoms. The molecule has 2 amide bonds. The molecule has 0 aliphatic rings. The molecule has 5 heteroatoms. The second-order valence-corrected chi connectivity index (χ2v) is 3.63. The number of aliphatic carboxylic acids is 1. The third kappa shape index (κ3) is 2.55. The van der Waals surface area contributed by atoms with Crippen LogP contribution in [0.25, 0.3) is 0 Å². The minimum atomic E-state index is -1.39. The normalized spacial score (nSPS) is 13.5. The average molecular weight is 236 g/mol. The number of carbonyl (C=O) groups excluding carboxylic acids is 1. The smallest absolute Gasteiger partial charge is 0.334 e. The standard InChI is InChI=1S/C12H16N2O3/c1-3-12(10(15)16,14-11(17)13-2)9-7-5-4-6-8-9/h4-8H,3H2,1-2H3,(H,15,16)(H2,13,14,17). The van der Waals surface area contributed by atoms with Gasteiger partial charge in [-0.15, -0.1) is 0 Å². The van der Waals surface area contributed by atoms with Gasteiger partial charge in [0, 0.05) is 7.05 Å². The molecule has 1 rings (SSSR count). The zero-order valence-corrected chi connectivity index (χ0v) is 9.86. The molecule has 0 aliphatic carbocycles. The van der Waals surface area contributed by atoms with Gasteiger partial charge in [-0.3, -0.25) is 0 Å². The molecular weight excluding hydrogens is 220 g/mol. The molecule has 1 unspecified atom stereocenters. The second-order valence-electron chi connectivity index (χ2n) is 3.63. The molecule has 1 aromatic carbocycles. The molecule has 17 heavy (non-hydrogen) atoms. The molecule has 0 spiro atoms. The minimum Gasteiger partial charge on any atom is -0.479 e. The van der Waals surface area contributed by atoms with Crippen molar-refractivity contribution in [2.75, 3.05) is 7.05 Å². The lowest BCUT2D eigenvalue weighted by Crippen LogP contribution is -2.53. The first-order valence-corrected chi connectivity index (χ1v) is 5.35. The number of carboxylic acid groups (broad SMARTS) is 1. The number of hydrogen-bond acceptors (Lipinski definition) is 2. The van der Waals surface area contributed by atoms with E-state index in [0.717, 1.165) is 0 Å². The van der Waals surface area contributed by atoms with E-state index in [9.17, 15) is 14.7 Å². The summed E-state index contributed by atoms with van der Waals surface area (Å²) in [6.45, 7) is 1.72. The van der Waals surface area contributed by atoms with Gasteiger partial charge < -0.3 is 15.7 Å². The second kappa shape index (κ2) is 5.34. The van der Waals surface area contributed by atoms with Crippen molar-refractivity contribution in [1.82, 2.24) is 10.6 Å². The number of amides is 2. The summed E-state index contributed by atoms with van der Waals surface area (Å²) in [6.07, 6.45) is 0.264. The molecule has 0 saturated heterocycles. The van der Waals surface area contributed by atoms with Crippen LogP contribution in [0.5, 0.6) is 0 Å². The van der Waals surface area contributed by atoms with E-state index in [1.165, 1.54) is 7.05 Å². The molecule has 0 heterocycles. The number of rotatable bonds is 4. The highest BCUT2D eigenvalue weighted by Crippen LogP contribution is 2.25. The van der Waals surface area contributed by atoms with Crippen LogP contribution in [0.15, 0.2) is 30.3 Å². The van der Waals surface area contributed by atoms with Crippen LogP contribution in [0.3, 0.4) is 0 Å². The molecule has 0 saturated carbocycles. The van der Waals surface area contributed by atoms with Crippen LogP contribution >= 0.6 is 0 Å². The van der Waals surface area contributed by atoms with Gasteiger partial charge in [0.25, 0.3) is 0 Å². The molecule has 3 N–H and O–H groups in total. The van der Waals surface area contributed by atoms with Crippen LogP contribution in [-0.2, 0) is 10.3 Å². The topological polar surface area (TPSA) is 78.4 Å². The zero-order chi connectivity index (χ0) is 12.9. The first kappa shape index (κ1) is 13.0. The summed E-state index contributed by atoms with van der Waals surface area (Å²) in [5, 5.41) is 14.2. The number of benzene rings is 1. The Kier molecular flexibility index (Phi) is 4.09. The Hall–Kier alpha value is -2.04. The summed E-state index contributed by atoms with van der Waals surface area (Å²) in [5.74, 6) is -1.07. The SMILES string of the molecule is CCC(NC(=O)NC)(C(=O)O)c1ccccc1. The van der Waals surface area contributed by atoms with Crippen molar-refractivity contribution >= 4 is 12.0 Å². The first-order valence-electron chi connectivity index (χ1n) is 5.35. The van der Waals surface area contributed by atoms with Crippen molar-refractivity contribution in [2.24, 2.45) is 0 Å². The summed E-state index contributed by atoms with van der Waals surface area (Å²) in [7, 11) is 1.45. The van der Waals surface area contributed by atoms with E-state index in [1.54, 1.807) is 37.3 Å². The highest BCUT2D eigenvalue weighted by atomic mass is 16.4. The molecule has 1 atom stereocenters. The number of carbonyl (C=O) groups is 2. The molecular formula is C12H16N2O3. The van der Waals surface area contributed by atoms with E-state index in [4.69, 9.17) is 0 Å². The van der Waals surface area contributed by atoms with Crippen molar-refractivity contribution in [2.45, 2.75) is 18.9 Å². The number of urea groups is 1. The fourth-order valence-corrected chi connectivity index (χ4v) is 1.67. The summed E-state index contributed by atoms with van der Waals surface area (Å²) >= 11 is 0. The Morgan fingerprint density at radius 2 is 1.88 bits per heavy atom. The Labute approximate surface area is 99.8 Å². The summed E-state index contributed by atoms with van der Waals surface area (Å²) in [4.78, 5) is 22.8. The zero-order valence-electron chi connectivity index (χ0n) is 9.86. The maximum Gasteiger partial charge on any atom is 0.334 e. The highest BCUT2D eigenvalue weighted by molar-refractivity contribution is 5.87. The van der Waals surface area contributed by atoms with E-state index >= 15 is 0 Å². The van der Waals surface area contributed by atoms with Gasteiger partial charge in [-0.1, -0.05) is 37.3 Å². The monoisotopic (exact) mass is 236 g/mol. The van der Waals surface area contributed by atoms with Crippen molar-refractivity contribution in [1.29, 1.82) is 0 Å². The van der Waals surface area contributed by atoms with Gasteiger partial charge >= 0.3 is 12.0 Å². The van der Waals surface area contributed by atoms with Gasteiger partial charge in [0.2, 0.25) is 0 Å². The van der Waals surface area contributed by atoms with Crippen molar-refractivity contribution in [3.8, 4) is 0 Å². The Balaban J connectivity index is 3.18. The molecule has 0 aliphatic heterocycles. The molecule has 1 aromatic rings. The summed E-state index contributed by atoms with van der Waals surface area (Å²) < 4.78 is 0. The highest BCUT2D eigenvalue weighted by Gasteiger charge is 2.39. The molecule has 0 aromatic heterocycles. The van der Waals surface area contributed by atoms with Gasteiger partial charge in [0.15, 0.2) is 5.54 Å².